The Kier molecular flexibility index (Phi) is 8.31. The van der Waals surface area contributed by atoms with Gasteiger partial charge in [-0.15, -0.1) is 5.10 Å². The molecule has 8 nitrogen and oxygen atoms in total. The number of benzene rings is 2. The van der Waals surface area contributed by atoms with E-state index in [9.17, 15) is 31.1 Å². The first-order chi connectivity index (χ1) is 20.5. The zero-order chi connectivity index (χ0) is 32.0. The lowest BCUT2D eigenvalue weighted by atomic mass is 9.87. The van der Waals surface area contributed by atoms with Crippen molar-refractivity contribution in [3.63, 3.8) is 0 Å². The second-order valence-electron chi connectivity index (χ2n) is 12.3. The van der Waals surface area contributed by atoms with E-state index in [1.54, 1.807) is 30.6 Å². The first kappa shape index (κ1) is 31.6. The van der Waals surface area contributed by atoms with E-state index in [1.165, 1.54) is 11.8 Å². The number of aryl methyl sites for hydroxylation is 3. The number of amides is 1. The Morgan fingerprint density at radius 2 is 1.55 bits per heavy atom. The lowest BCUT2D eigenvalue weighted by Crippen LogP contribution is -2.37. The van der Waals surface area contributed by atoms with Crippen LogP contribution in [0.1, 0.15) is 85.9 Å². The molecular weight excluding hydrogens is 590 g/mol. The third kappa shape index (κ3) is 6.94. The molecule has 3 aromatic rings. The molecule has 0 saturated heterocycles. The summed E-state index contributed by atoms with van der Waals surface area (Å²) < 4.78 is 88.1. The minimum absolute atomic E-state index is 0.0397. The molecule has 5 rings (SSSR count). The van der Waals surface area contributed by atoms with E-state index >= 15 is 0 Å². The molecule has 0 unspecified atom stereocenters. The highest BCUT2D eigenvalue weighted by atomic mass is 19.4. The van der Waals surface area contributed by atoms with E-state index in [1.807, 2.05) is 12.1 Å². The van der Waals surface area contributed by atoms with Crippen LogP contribution in [0.15, 0.2) is 30.3 Å². The number of hydrogen-bond donors (Lipinski definition) is 0. The second kappa shape index (κ2) is 11.6. The zero-order valence-electron chi connectivity index (χ0n) is 24.9. The average Bonchev–Trinajstić information content (AvgIpc) is 3.26. The number of aromatic nitrogens is 4. The summed E-state index contributed by atoms with van der Waals surface area (Å²) in [6, 6.07) is 4.93. The van der Waals surface area contributed by atoms with Gasteiger partial charge < -0.3 is 9.64 Å². The van der Waals surface area contributed by atoms with Crippen molar-refractivity contribution >= 4 is 17.7 Å². The molecule has 0 fully saturated rings. The molecule has 238 valence electrons. The summed E-state index contributed by atoms with van der Waals surface area (Å²) in [5.74, 6) is 0.0397. The van der Waals surface area contributed by atoms with Gasteiger partial charge in [-0.25, -0.2) is 4.79 Å². The Labute approximate surface area is 251 Å². The van der Waals surface area contributed by atoms with Gasteiger partial charge in [0.15, 0.2) is 0 Å². The molecule has 44 heavy (non-hydrogen) atoms. The van der Waals surface area contributed by atoms with Crippen molar-refractivity contribution in [1.82, 2.24) is 20.2 Å². The molecular formula is C30H34F6N6O2. The fraction of sp³-hybridized carbons (Fsp3) is 0.533. The monoisotopic (exact) mass is 624 g/mol. The van der Waals surface area contributed by atoms with Crippen molar-refractivity contribution in [2.75, 3.05) is 16.3 Å². The molecule has 1 aliphatic carbocycles. The fourth-order valence-electron chi connectivity index (χ4n) is 5.86. The molecule has 2 aliphatic rings. The first-order valence-corrected chi connectivity index (χ1v) is 14.4. The molecule has 2 heterocycles. The summed E-state index contributed by atoms with van der Waals surface area (Å²) in [7, 11) is 1.52. The molecule has 0 spiro atoms. The van der Waals surface area contributed by atoms with Crippen LogP contribution >= 0.6 is 0 Å². The number of rotatable bonds is 4. The van der Waals surface area contributed by atoms with Gasteiger partial charge in [-0.05, 0) is 111 Å². The number of carbonyl (C=O) groups excluding carboxylic acids is 1. The number of hydrogen-bond acceptors (Lipinski definition) is 6. The topological polar surface area (TPSA) is 76.4 Å². The number of carbonyl (C=O) groups is 1. The summed E-state index contributed by atoms with van der Waals surface area (Å²) in [5.41, 5.74) is -0.292. The minimum atomic E-state index is -4.99. The third-order valence-corrected chi connectivity index (χ3v) is 7.75. The molecule has 1 aromatic heterocycles. The zero-order valence-corrected chi connectivity index (χ0v) is 24.9. The van der Waals surface area contributed by atoms with Gasteiger partial charge >= 0.3 is 18.4 Å². The number of alkyl halides is 6. The van der Waals surface area contributed by atoms with Crippen LogP contribution in [-0.2, 0) is 43.5 Å². The molecule has 1 atom stereocenters. The highest BCUT2D eigenvalue weighted by molar-refractivity contribution is 5.90. The van der Waals surface area contributed by atoms with Crippen LogP contribution in [0.4, 0.5) is 42.8 Å². The van der Waals surface area contributed by atoms with Crippen molar-refractivity contribution in [3.05, 3.63) is 63.7 Å². The van der Waals surface area contributed by atoms with Crippen LogP contribution in [0.5, 0.6) is 0 Å². The minimum Gasteiger partial charge on any atom is -0.443 e. The largest absolute Gasteiger partial charge is 0.443 e. The standard InChI is InChI=1S/C30H34F6N6O2/c1-28(2,3)44-27(43)41-11-7-10-24(23-14-19-8-5-6-9-20(19)15-25(23)41)42(26-37-39-40(4)38-26)17-18-12-21(29(31,32)33)16-22(13-18)30(34,35)36/h12-16,24H,5-11,17H2,1-4H3/t24-/m0/s1. The van der Waals surface area contributed by atoms with Crippen LogP contribution in [-0.4, -0.2) is 38.4 Å². The summed E-state index contributed by atoms with van der Waals surface area (Å²) >= 11 is 0. The van der Waals surface area contributed by atoms with E-state index in [4.69, 9.17) is 4.74 Å². The smallest absolute Gasteiger partial charge is 0.416 e. The molecule has 2 aromatic carbocycles. The van der Waals surface area contributed by atoms with Crippen LogP contribution in [0, 0.1) is 0 Å². The van der Waals surface area contributed by atoms with Gasteiger partial charge in [0.1, 0.15) is 5.60 Å². The Balaban J connectivity index is 1.65. The normalized spacial score (nSPS) is 17.5. The van der Waals surface area contributed by atoms with Gasteiger partial charge in [-0.2, -0.15) is 31.1 Å². The van der Waals surface area contributed by atoms with E-state index in [0.717, 1.165) is 48.9 Å². The molecule has 0 bridgehead atoms. The molecule has 0 radical (unpaired) electrons. The predicted molar refractivity (Wildman–Crippen MR) is 150 cm³/mol. The lowest BCUT2D eigenvalue weighted by molar-refractivity contribution is -0.143. The Morgan fingerprint density at radius 1 is 0.932 bits per heavy atom. The summed E-state index contributed by atoms with van der Waals surface area (Å²) in [4.78, 5) is 17.8. The van der Waals surface area contributed by atoms with Crippen molar-refractivity contribution in [3.8, 4) is 0 Å². The second-order valence-corrected chi connectivity index (χ2v) is 12.3. The quantitative estimate of drug-likeness (QED) is 0.282. The first-order valence-electron chi connectivity index (χ1n) is 14.4. The Hall–Kier alpha value is -3.84. The van der Waals surface area contributed by atoms with Crippen LogP contribution in [0.3, 0.4) is 0 Å². The average molecular weight is 625 g/mol. The maximum Gasteiger partial charge on any atom is 0.416 e. The number of halogens is 6. The summed E-state index contributed by atoms with van der Waals surface area (Å²) in [6.45, 7) is 5.24. The van der Waals surface area contributed by atoms with Gasteiger partial charge in [0.05, 0.1) is 29.9 Å². The number of ether oxygens (including phenoxy) is 1. The molecule has 14 heteroatoms. The summed E-state index contributed by atoms with van der Waals surface area (Å²) in [5, 5.41) is 12.3. The number of anilines is 2. The fourth-order valence-corrected chi connectivity index (χ4v) is 5.86. The van der Waals surface area contributed by atoms with Gasteiger partial charge in [0.2, 0.25) is 0 Å². The van der Waals surface area contributed by atoms with Gasteiger partial charge in [0, 0.05) is 13.1 Å². The van der Waals surface area contributed by atoms with E-state index in [-0.39, 0.29) is 24.1 Å². The molecule has 0 N–H and O–H groups in total. The molecule has 1 aliphatic heterocycles. The Bertz CT molecular complexity index is 1500. The number of tetrazole rings is 1. The van der Waals surface area contributed by atoms with Crippen LogP contribution in [0.2, 0.25) is 0 Å². The van der Waals surface area contributed by atoms with E-state index < -0.39 is 41.2 Å². The number of fused-ring (bicyclic) bond motifs is 2. The van der Waals surface area contributed by atoms with Gasteiger partial charge in [-0.1, -0.05) is 11.2 Å². The van der Waals surface area contributed by atoms with Crippen molar-refractivity contribution in [2.45, 2.75) is 89.8 Å². The highest BCUT2D eigenvalue weighted by Crippen LogP contribution is 2.43. The number of nitrogens with zero attached hydrogens (tertiary/aromatic N) is 6. The van der Waals surface area contributed by atoms with Crippen LogP contribution in [0.25, 0.3) is 0 Å². The van der Waals surface area contributed by atoms with Gasteiger partial charge in [-0.3, -0.25) is 4.90 Å². The van der Waals surface area contributed by atoms with Crippen molar-refractivity contribution < 1.29 is 35.9 Å². The third-order valence-electron chi connectivity index (χ3n) is 7.75. The molecule has 0 saturated carbocycles. The van der Waals surface area contributed by atoms with Crippen molar-refractivity contribution in [1.29, 1.82) is 0 Å². The van der Waals surface area contributed by atoms with E-state index in [0.29, 0.717) is 30.6 Å². The highest BCUT2D eigenvalue weighted by Gasteiger charge is 2.39. The SMILES string of the molecule is Cn1nnc(N(Cc2cc(C(F)(F)F)cc(C(F)(F)F)c2)[C@H]2CCCN(C(=O)OC(C)(C)C)c3cc4c(cc32)CCCC4)n1. The van der Waals surface area contributed by atoms with Gasteiger partial charge in [0.25, 0.3) is 5.95 Å². The predicted octanol–water partition coefficient (Wildman–Crippen LogP) is 7.41. The Morgan fingerprint density at radius 3 is 2.09 bits per heavy atom. The van der Waals surface area contributed by atoms with E-state index in [2.05, 4.69) is 15.4 Å². The maximum atomic E-state index is 13.7. The summed E-state index contributed by atoms with van der Waals surface area (Å²) in [6.07, 6.45) is -6.03. The maximum absolute atomic E-state index is 13.7. The van der Waals surface area contributed by atoms with Crippen molar-refractivity contribution in [2.24, 2.45) is 7.05 Å². The molecule has 1 amide bonds. The van der Waals surface area contributed by atoms with Crippen LogP contribution < -0.4 is 9.80 Å². The lowest BCUT2D eigenvalue weighted by Gasteiger charge is -2.34.